The summed E-state index contributed by atoms with van der Waals surface area (Å²) < 4.78 is 20.8. The van der Waals surface area contributed by atoms with Crippen LogP contribution in [0.3, 0.4) is 0 Å². The van der Waals surface area contributed by atoms with Crippen molar-refractivity contribution in [3.05, 3.63) is 62.3 Å². The minimum absolute atomic E-state index is 0.0103. The summed E-state index contributed by atoms with van der Waals surface area (Å²) in [5.41, 5.74) is 0.427. The van der Waals surface area contributed by atoms with E-state index in [1.165, 1.54) is 51.5 Å². The quantitative estimate of drug-likeness (QED) is 0.217. The number of non-ortho nitro benzene ring substituents is 1. The summed E-state index contributed by atoms with van der Waals surface area (Å²) in [5, 5.41) is 10.9. The molecule has 3 rings (SSSR count). The zero-order valence-electron chi connectivity index (χ0n) is 16.5. The van der Waals surface area contributed by atoms with Crippen LogP contribution in [0.4, 0.5) is 5.69 Å². The maximum atomic E-state index is 12.3. The Morgan fingerprint density at radius 1 is 1.19 bits per heavy atom. The number of carbonyl (C=O) groups is 2. The number of hydrogen-bond acceptors (Lipinski definition) is 9. The fourth-order valence-electron chi connectivity index (χ4n) is 2.70. The largest absolute Gasteiger partial charge is 0.493 e. The number of cyclic esters (lactones) is 1. The van der Waals surface area contributed by atoms with Crippen molar-refractivity contribution in [3.63, 3.8) is 0 Å². The van der Waals surface area contributed by atoms with Gasteiger partial charge in [-0.05, 0) is 29.8 Å². The molecule has 0 unspecified atom stereocenters. The van der Waals surface area contributed by atoms with E-state index in [9.17, 15) is 19.7 Å². The van der Waals surface area contributed by atoms with Gasteiger partial charge in [-0.2, -0.15) is 0 Å². The molecular formula is C20H15ClN2O8. The van der Waals surface area contributed by atoms with Gasteiger partial charge in [0, 0.05) is 19.1 Å². The molecule has 0 atom stereocenters. The van der Waals surface area contributed by atoms with Crippen LogP contribution in [-0.2, 0) is 14.3 Å². The normalized spacial score (nSPS) is 14.1. The molecule has 0 aliphatic carbocycles. The van der Waals surface area contributed by atoms with Crippen LogP contribution in [0, 0.1) is 10.1 Å². The van der Waals surface area contributed by atoms with Crippen LogP contribution < -0.4 is 14.2 Å². The van der Waals surface area contributed by atoms with Gasteiger partial charge in [-0.1, -0.05) is 11.6 Å². The standard InChI is InChI=1S/C20H15ClN2O8/c1-10(24)30-18-16(28-2)7-11(8-17(18)29-3)6-15-20(25)31-19(22-15)13-5-4-12(23(26)27)9-14(13)21/h4-9H,1-3H3/b15-6-. The molecule has 1 aliphatic rings. The van der Waals surface area contributed by atoms with Crippen LogP contribution in [0.1, 0.15) is 18.1 Å². The second-order valence-electron chi connectivity index (χ2n) is 6.11. The Morgan fingerprint density at radius 3 is 2.35 bits per heavy atom. The number of benzene rings is 2. The van der Waals surface area contributed by atoms with Gasteiger partial charge >= 0.3 is 11.9 Å². The Bertz CT molecular complexity index is 1130. The van der Waals surface area contributed by atoms with Crippen molar-refractivity contribution in [2.75, 3.05) is 14.2 Å². The first-order chi connectivity index (χ1) is 14.7. The fraction of sp³-hybridized carbons (Fsp3) is 0.150. The Hall–Kier alpha value is -3.92. The molecule has 1 aliphatic heterocycles. The third-order valence-electron chi connectivity index (χ3n) is 4.05. The van der Waals surface area contributed by atoms with E-state index in [0.717, 1.165) is 6.07 Å². The van der Waals surface area contributed by atoms with Crippen molar-refractivity contribution in [2.24, 2.45) is 4.99 Å². The Morgan fingerprint density at radius 2 is 1.84 bits per heavy atom. The molecule has 0 saturated carbocycles. The number of rotatable bonds is 6. The van der Waals surface area contributed by atoms with Crippen LogP contribution in [-0.4, -0.2) is 37.0 Å². The van der Waals surface area contributed by atoms with Crippen LogP contribution in [0.5, 0.6) is 17.2 Å². The molecule has 0 amide bonds. The lowest BCUT2D eigenvalue weighted by molar-refractivity contribution is -0.384. The number of hydrogen-bond donors (Lipinski definition) is 0. The first-order valence-corrected chi connectivity index (χ1v) is 9.02. The molecule has 0 saturated heterocycles. The third kappa shape index (κ3) is 4.64. The van der Waals surface area contributed by atoms with Crippen molar-refractivity contribution in [1.29, 1.82) is 0 Å². The van der Waals surface area contributed by atoms with E-state index in [0.29, 0.717) is 5.56 Å². The number of nitro benzene ring substituents is 1. The molecule has 10 nitrogen and oxygen atoms in total. The van der Waals surface area contributed by atoms with Crippen molar-refractivity contribution >= 4 is 41.2 Å². The van der Waals surface area contributed by atoms with Crippen molar-refractivity contribution in [2.45, 2.75) is 6.92 Å². The number of carbonyl (C=O) groups excluding carboxylic acids is 2. The molecule has 0 spiro atoms. The molecule has 2 aromatic rings. The molecule has 0 radical (unpaired) electrons. The van der Waals surface area contributed by atoms with Crippen LogP contribution in [0.15, 0.2) is 41.0 Å². The number of nitro groups is 1. The van der Waals surface area contributed by atoms with Gasteiger partial charge in [0.1, 0.15) is 0 Å². The van der Waals surface area contributed by atoms with E-state index in [4.69, 9.17) is 30.5 Å². The van der Waals surface area contributed by atoms with Gasteiger partial charge in [0.05, 0.1) is 29.7 Å². The zero-order chi connectivity index (χ0) is 22.7. The maximum Gasteiger partial charge on any atom is 0.363 e. The number of aliphatic imine (C=N–C) groups is 1. The van der Waals surface area contributed by atoms with Gasteiger partial charge in [-0.3, -0.25) is 14.9 Å². The molecule has 0 N–H and O–H groups in total. The minimum Gasteiger partial charge on any atom is -0.493 e. The average Bonchev–Trinajstić information content (AvgIpc) is 3.08. The fourth-order valence-corrected chi connectivity index (χ4v) is 2.96. The highest BCUT2D eigenvalue weighted by molar-refractivity contribution is 6.34. The van der Waals surface area contributed by atoms with Crippen LogP contribution >= 0.6 is 11.6 Å². The van der Waals surface area contributed by atoms with E-state index < -0.39 is 16.9 Å². The molecular weight excluding hydrogens is 432 g/mol. The topological polar surface area (TPSA) is 127 Å². The van der Waals surface area contributed by atoms with E-state index in [1.54, 1.807) is 0 Å². The molecule has 1 heterocycles. The number of methoxy groups -OCH3 is 2. The van der Waals surface area contributed by atoms with Gasteiger partial charge in [0.25, 0.3) is 5.69 Å². The highest BCUT2D eigenvalue weighted by Crippen LogP contribution is 2.39. The van der Waals surface area contributed by atoms with Gasteiger partial charge in [0.2, 0.25) is 11.6 Å². The second kappa shape index (κ2) is 8.84. The van der Waals surface area contributed by atoms with Gasteiger partial charge < -0.3 is 18.9 Å². The zero-order valence-corrected chi connectivity index (χ0v) is 17.3. The first kappa shape index (κ1) is 21.8. The summed E-state index contributed by atoms with van der Waals surface area (Å²) >= 11 is 6.08. The minimum atomic E-state index is -0.744. The molecule has 160 valence electrons. The van der Waals surface area contributed by atoms with E-state index in [1.807, 2.05) is 0 Å². The smallest absolute Gasteiger partial charge is 0.363 e. The molecule has 0 fully saturated rings. The molecule has 2 aromatic carbocycles. The third-order valence-corrected chi connectivity index (χ3v) is 4.36. The SMILES string of the molecule is COc1cc(/C=C2\N=C(c3ccc([N+](=O)[O-])cc3Cl)OC2=O)cc(OC)c1OC(C)=O. The van der Waals surface area contributed by atoms with Crippen molar-refractivity contribution in [3.8, 4) is 17.2 Å². The predicted octanol–water partition coefficient (Wildman–Crippen LogP) is 3.54. The molecule has 0 aromatic heterocycles. The van der Waals surface area contributed by atoms with Gasteiger partial charge in [0.15, 0.2) is 17.2 Å². The highest BCUT2D eigenvalue weighted by atomic mass is 35.5. The van der Waals surface area contributed by atoms with E-state index >= 15 is 0 Å². The summed E-state index contributed by atoms with van der Waals surface area (Å²) in [5.74, 6) is -0.893. The number of ether oxygens (including phenoxy) is 4. The van der Waals surface area contributed by atoms with Crippen molar-refractivity contribution in [1.82, 2.24) is 0 Å². The number of nitrogens with zero attached hydrogens (tertiary/aromatic N) is 2. The monoisotopic (exact) mass is 446 g/mol. The average molecular weight is 447 g/mol. The lowest BCUT2D eigenvalue weighted by Gasteiger charge is -2.13. The summed E-state index contributed by atoms with van der Waals surface area (Å²) in [6.45, 7) is 1.24. The van der Waals surface area contributed by atoms with Gasteiger partial charge in [-0.15, -0.1) is 0 Å². The summed E-state index contributed by atoms with van der Waals surface area (Å²) in [7, 11) is 2.77. The van der Waals surface area contributed by atoms with Crippen molar-refractivity contribution < 1.29 is 33.5 Å². The summed E-state index contributed by atoms with van der Waals surface area (Å²) in [4.78, 5) is 38.0. The molecule has 31 heavy (non-hydrogen) atoms. The highest BCUT2D eigenvalue weighted by Gasteiger charge is 2.27. The van der Waals surface area contributed by atoms with Gasteiger partial charge in [-0.25, -0.2) is 9.79 Å². The summed E-state index contributed by atoms with van der Waals surface area (Å²) in [6, 6.07) is 6.75. The number of esters is 2. The summed E-state index contributed by atoms with van der Waals surface area (Å²) in [6.07, 6.45) is 1.41. The Balaban J connectivity index is 2.00. The van der Waals surface area contributed by atoms with Crippen LogP contribution in [0.2, 0.25) is 5.02 Å². The first-order valence-electron chi connectivity index (χ1n) is 8.64. The number of halogens is 1. The molecule has 0 bridgehead atoms. The Kier molecular flexibility index (Phi) is 6.21. The lowest BCUT2D eigenvalue weighted by atomic mass is 10.1. The maximum absolute atomic E-state index is 12.3. The molecule has 11 heteroatoms. The Labute approximate surface area is 180 Å². The van der Waals surface area contributed by atoms with E-state index in [-0.39, 0.29) is 45.1 Å². The van der Waals surface area contributed by atoms with E-state index in [2.05, 4.69) is 4.99 Å². The van der Waals surface area contributed by atoms with Crippen LogP contribution in [0.25, 0.3) is 6.08 Å². The lowest BCUT2D eigenvalue weighted by Crippen LogP contribution is -2.06. The predicted molar refractivity (Wildman–Crippen MR) is 110 cm³/mol. The second-order valence-corrected chi connectivity index (χ2v) is 6.51.